The van der Waals surface area contributed by atoms with Crippen LogP contribution in [0.5, 0.6) is 0 Å². The molecule has 0 unspecified atom stereocenters. The molecule has 0 atom stereocenters. The second kappa shape index (κ2) is 4.55. The lowest BCUT2D eigenvalue weighted by Gasteiger charge is -2.04. The van der Waals surface area contributed by atoms with Crippen LogP contribution in [-0.4, -0.2) is 27.6 Å². The lowest BCUT2D eigenvalue weighted by atomic mass is 10.3. The summed E-state index contributed by atoms with van der Waals surface area (Å²) in [6.07, 6.45) is 0.696. The summed E-state index contributed by atoms with van der Waals surface area (Å²) in [4.78, 5) is 18.7. The van der Waals surface area contributed by atoms with Crippen molar-refractivity contribution in [3.63, 3.8) is 0 Å². The van der Waals surface area contributed by atoms with E-state index in [4.69, 9.17) is 5.11 Å². The molecule has 1 heterocycles. The Morgan fingerprint density at radius 1 is 1.50 bits per heavy atom. The summed E-state index contributed by atoms with van der Waals surface area (Å²) in [7, 11) is 0. The minimum atomic E-state index is -1.03. The molecule has 0 amide bonds. The molecule has 1 aromatic rings. The van der Waals surface area contributed by atoms with Gasteiger partial charge in [0, 0.05) is 12.2 Å². The normalized spacial score (nSPS) is 9.86. The monoisotopic (exact) mass is 195 g/mol. The third kappa shape index (κ3) is 2.42. The molecule has 0 fully saturated rings. The van der Waals surface area contributed by atoms with Crippen LogP contribution in [0.4, 0.5) is 5.95 Å². The summed E-state index contributed by atoms with van der Waals surface area (Å²) in [6, 6.07) is 1.49. The Labute approximate surface area is 82.2 Å². The number of carbonyl (C=O) groups is 1. The Morgan fingerprint density at radius 2 is 2.21 bits per heavy atom. The Morgan fingerprint density at radius 3 is 2.71 bits per heavy atom. The third-order valence-corrected chi connectivity index (χ3v) is 1.70. The number of hydrogen-bond acceptors (Lipinski definition) is 4. The minimum absolute atomic E-state index is 0.0350. The van der Waals surface area contributed by atoms with E-state index in [1.54, 1.807) is 0 Å². The fourth-order valence-electron chi connectivity index (χ4n) is 1.03. The van der Waals surface area contributed by atoms with E-state index in [0.717, 1.165) is 5.69 Å². The molecule has 0 aliphatic carbocycles. The van der Waals surface area contributed by atoms with Crippen molar-refractivity contribution < 1.29 is 9.90 Å². The van der Waals surface area contributed by atoms with Crippen molar-refractivity contribution in [3.05, 3.63) is 17.5 Å². The van der Waals surface area contributed by atoms with Crippen LogP contribution < -0.4 is 5.32 Å². The molecule has 0 bridgehead atoms. The molecule has 0 saturated heterocycles. The van der Waals surface area contributed by atoms with Crippen molar-refractivity contribution in [3.8, 4) is 0 Å². The number of nitrogens with zero attached hydrogens (tertiary/aromatic N) is 2. The molecule has 1 rings (SSSR count). The zero-order chi connectivity index (χ0) is 10.6. The Kier molecular flexibility index (Phi) is 3.39. The maximum atomic E-state index is 10.7. The minimum Gasteiger partial charge on any atom is -0.477 e. The van der Waals surface area contributed by atoms with Crippen LogP contribution in [0.15, 0.2) is 6.07 Å². The van der Waals surface area contributed by atoms with E-state index >= 15 is 0 Å². The number of aryl methyl sites for hydroxylation is 1. The van der Waals surface area contributed by atoms with E-state index in [0.29, 0.717) is 18.9 Å². The van der Waals surface area contributed by atoms with Crippen molar-refractivity contribution in [1.29, 1.82) is 0 Å². The second-order valence-electron chi connectivity index (χ2n) is 2.76. The average molecular weight is 195 g/mol. The van der Waals surface area contributed by atoms with Gasteiger partial charge in [-0.2, -0.15) is 0 Å². The number of anilines is 1. The summed E-state index contributed by atoms with van der Waals surface area (Å²) in [5.41, 5.74) is 0.765. The van der Waals surface area contributed by atoms with Crippen LogP contribution in [0.1, 0.15) is 30.0 Å². The highest BCUT2D eigenvalue weighted by atomic mass is 16.4. The van der Waals surface area contributed by atoms with Crippen LogP contribution in [0.3, 0.4) is 0 Å². The zero-order valence-corrected chi connectivity index (χ0v) is 8.24. The summed E-state index contributed by atoms with van der Waals surface area (Å²) >= 11 is 0. The van der Waals surface area contributed by atoms with E-state index in [1.165, 1.54) is 6.07 Å². The summed E-state index contributed by atoms with van der Waals surface area (Å²) in [5, 5.41) is 11.7. The lowest BCUT2D eigenvalue weighted by molar-refractivity contribution is 0.0690. The second-order valence-corrected chi connectivity index (χ2v) is 2.76. The van der Waals surface area contributed by atoms with E-state index in [1.807, 2.05) is 13.8 Å². The van der Waals surface area contributed by atoms with Crippen molar-refractivity contribution in [1.82, 2.24) is 9.97 Å². The third-order valence-electron chi connectivity index (χ3n) is 1.70. The Hall–Kier alpha value is -1.65. The van der Waals surface area contributed by atoms with Crippen LogP contribution in [0.25, 0.3) is 0 Å². The Balaban J connectivity index is 3.06. The molecule has 5 nitrogen and oxygen atoms in total. The maximum Gasteiger partial charge on any atom is 0.354 e. The van der Waals surface area contributed by atoms with Gasteiger partial charge < -0.3 is 10.4 Å². The smallest absolute Gasteiger partial charge is 0.354 e. The SMILES string of the molecule is CCNc1nc(CC)cc(C(=O)O)n1. The van der Waals surface area contributed by atoms with Gasteiger partial charge in [0.2, 0.25) is 5.95 Å². The van der Waals surface area contributed by atoms with Gasteiger partial charge in [0.25, 0.3) is 0 Å². The van der Waals surface area contributed by atoms with Crippen LogP contribution in [-0.2, 0) is 6.42 Å². The highest BCUT2D eigenvalue weighted by Gasteiger charge is 2.08. The average Bonchev–Trinajstić information content (AvgIpc) is 2.17. The summed E-state index contributed by atoms with van der Waals surface area (Å²) in [6.45, 7) is 4.50. The molecule has 0 saturated carbocycles. The van der Waals surface area contributed by atoms with Gasteiger partial charge in [0.15, 0.2) is 5.69 Å². The van der Waals surface area contributed by atoms with Gasteiger partial charge in [-0.3, -0.25) is 0 Å². The first-order chi connectivity index (χ1) is 6.67. The molecule has 0 aliphatic rings. The first kappa shape index (κ1) is 10.4. The van der Waals surface area contributed by atoms with Gasteiger partial charge in [-0.25, -0.2) is 14.8 Å². The number of aromatic nitrogens is 2. The Bertz CT molecular complexity index is 339. The van der Waals surface area contributed by atoms with Crippen molar-refractivity contribution in [2.24, 2.45) is 0 Å². The molecular weight excluding hydrogens is 182 g/mol. The standard InChI is InChI=1S/C9H13N3O2/c1-3-6-5-7(8(13)14)12-9(11-6)10-4-2/h5H,3-4H2,1-2H3,(H,13,14)(H,10,11,12). The van der Waals surface area contributed by atoms with Gasteiger partial charge in [0.05, 0.1) is 0 Å². The van der Waals surface area contributed by atoms with E-state index in [9.17, 15) is 4.79 Å². The fourth-order valence-corrected chi connectivity index (χ4v) is 1.03. The predicted molar refractivity (Wildman–Crippen MR) is 52.5 cm³/mol. The molecular formula is C9H13N3O2. The molecule has 76 valence electrons. The number of hydrogen-bond donors (Lipinski definition) is 2. The topological polar surface area (TPSA) is 75.1 Å². The number of aromatic carboxylic acids is 1. The number of nitrogens with one attached hydrogen (secondary N) is 1. The van der Waals surface area contributed by atoms with Crippen LogP contribution >= 0.6 is 0 Å². The zero-order valence-electron chi connectivity index (χ0n) is 8.24. The van der Waals surface area contributed by atoms with Gasteiger partial charge in [-0.1, -0.05) is 6.92 Å². The number of rotatable bonds is 4. The lowest BCUT2D eigenvalue weighted by Crippen LogP contribution is -2.09. The molecule has 5 heteroatoms. The summed E-state index contributed by atoms with van der Waals surface area (Å²) < 4.78 is 0. The number of carboxylic acid groups (broad SMARTS) is 1. The first-order valence-corrected chi connectivity index (χ1v) is 4.52. The fraction of sp³-hybridized carbons (Fsp3) is 0.444. The van der Waals surface area contributed by atoms with Crippen LogP contribution in [0.2, 0.25) is 0 Å². The van der Waals surface area contributed by atoms with Crippen LogP contribution in [0, 0.1) is 0 Å². The molecule has 0 aromatic carbocycles. The molecule has 2 N–H and O–H groups in total. The van der Waals surface area contributed by atoms with Crippen molar-refractivity contribution in [2.75, 3.05) is 11.9 Å². The quantitative estimate of drug-likeness (QED) is 0.754. The highest BCUT2D eigenvalue weighted by Crippen LogP contribution is 2.06. The van der Waals surface area contributed by atoms with Crippen molar-refractivity contribution >= 4 is 11.9 Å². The predicted octanol–water partition coefficient (Wildman–Crippen LogP) is 1.17. The van der Waals surface area contributed by atoms with E-state index < -0.39 is 5.97 Å². The summed E-state index contributed by atoms with van der Waals surface area (Å²) in [5.74, 6) is -0.648. The molecule has 1 aromatic heterocycles. The number of carboxylic acids is 1. The van der Waals surface area contributed by atoms with Gasteiger partial charge in [-0.05, 0) is 19.4 Å². The molecule has 14 heavy (non-hydrogen) atoms. The van der Waals surface area contributed by atoms with E-state index in [-0.39, 0.29) is 5.69 Å². The molecule has 0 spiro atoms. The molecule has 0 radical (unpaired) electrons. The molecule has 0 aliphatic heterocycles. The van der Waals surface area contributed by atoms with Gasteiger partial charge >= 0.3 is 5.97 Å². The van der Waals surface area contributed by atoms with E-state index in [2.05, 4.69) is 15.3 Å². The van der Waals surface area contributed by atoms with Crippen molar-refractivity contribution in [2.45, 2.75) is 20.3 Å². The maximum absolute atomic E-state index is 10.7. The van der Waals surface area contributed by atoms with Gasteiger partial charge in [0.1, 0.15) is 0 Å². The largest absolute Gasteiger partial charge is 0.477 e. The first-order valence-electron chi connectivity index (χ1n) is 4.52. The highest BCUT2D eigenvalue weighted by molar-refractivity contribution is 5.85. The van der Waals surface area contributed by atoms with Gasteiger partial charge in [-0.15, -0.1) is 0 Å².